The van der Waals surface area contributed by atoms with Crippen LogP contribution in [-0.2, 0) is 27.2 Å². The molecule has 0 radical (unpaired) electrons. The minimum absolute atomic E-state index is 0.141. The van der Waals surface area contributed by atoms with Gasteiger partial charge in [-0.05, 0) is 45.4 Å². The summed E-state index contributed by atoms with van der Waals surface area (Å²) in [6, 6.07) is 8.58. The first-order chi connectivity index (χ1) is 12.4. The summed E-state index contributed by atoms with van der Waals surface area (Å²) in [5, 5.41) is 8.98. The van der Waals surface area contributed by atoms with Gasteiger partial charge in [0.15, 0.2) is 0 Å². The summed E-state index contributed by atoms with van der Waals surface area (Å²) in [5.74, 6) is 0. The van der Waals surface area contributed by atoms with Crippen molar-refractivity contribution >= 4 is 15.2 Å². The molecule has 7 nitrogen and oxygen atoms in total. The van der Waals surface area contributed by atoms with Gasteiger partial charge in [0, 0.05) is 0 Å². The number of nitrogens with zero attached hydrogens (tertiary/aromatic N) is 1. The number of nitriles is 1. The normalized spacial score (nSPS) is 13.3. The maximum atomic E-state index is 13.4. The van der Waals surface area contributed by atoms with Gasteiger partial charge in [-0.25, -0.2) is 0 Å². The standard InChI is InChI=1S/C17H27NO6P2/c1-5-21-25(19,22-6-2)14-17(26(20,23-7-3)24-8-4)16-11-9-15(13-18)10-12-16/h9-12,17H,5-8,14H2,1-4H3. The highest BCUT2D eigenvalue weighted by Crippen LogP contribution is 2.66. The third-order valence-electron chi connectivity index (χ3n) is 3.47. The lowest BCUT2D eigenvalue weighted by Crippen LogP contribution is -2.13. The fourth-order valence-electron chi connectivity index (χ4n) is 2.49. The Labute approximate surface area is 155 Å². The van der Waals surface area contributed by atoms with Crippen molar-refractivity contribution in [2.45, 2.75) is 33.4 Å². The van der Waals surface area contributed by atoms with Gasteiger partial charge in [0.1, 0.15) is 0 Å². The van der Waals surface area contributed by atoms with Gasteiger partial charge in [0.25, 0.3) is 0 Å². The molecule has 0 aliphatic carbocycles. The Bertz CT molecular complexity index is 665. The number of hydrogen-bond acceptors (Lipinski definition) is 7. The lowest BCUT2D eigenvalue weighted by atomic mass is 10.1. The zero-order chi connectivity index (χ0) is 19.6. The molecule has 146 valence electrons. The molecule has 1 rings (SSSR count). The van der Waals surface area contributed by atoms with Crippen LogP contribution in [0.25, 0.3) is 0 Å². The number of benzene rings is 1. The highest BCUT2D eigenvalue weighted by molar-refractivity contribution is 7.58. The summed E-state index contributed by atoms with van der Waals surface area (Å²) in [7, 11) is -7.13. The van der Waals surface area contributed by atoms with E-state index in [4.69, 9.17) is 23.4 Å². The molecule has 0 N–H and O–H groups in total. The van der Waals surface area contributed by atoms with E-state index in [1.807, 2.05) is 6.07 Å². The van der Waals surface area contributed by atoms with Crippen molar-refractivity contribution in [3.8, 4) is 6.07 Å². The molecule has 0 saturated carbocycles. The van der Waals surface area contributed by atoms with E-state index in [1.54, 1.807) is 52.0 Å². The Kier molecular flexibility index (Phi) is 9.74. The molecule has 0 saturated heterocycles. The van der Waals surface area contributed by atoms with Crippen LogP contribution in [0, 0.1) is 11.3 Å². The van der Waals surface area contributed by atoms with Gasteiger partial charge >= 0.3 is 15.2 Å². The predicted molar refractivity (Wildman–Crippen MR) is 100 cm³/mol. The summed E-state index contributed by atoms with van der Waals surface area (Å²) < 4.78 is 48.2. The van der Waals surface area contributed by atoms with Crippen LogP contribution >= 0.6 is 15.2 Å². The average molecular weight is 403 g/mol. The fourth-order valence-corrected chi connectivity index (χ4v) is 7.29. The molecule has 0 fully saturated rings. The van der Waals surface area contributed by atoms with E-state index in [0.29, 0.717) is 11.1 Å². The topological polar surface area (TPSA) is 94.9 Å². The second-order valence-corrected chi connectivity index (χ2v) is 9.58. The second kappa shape index (κ2) is 11.0. The van der Waals surface area contributed by atoms with E-state index >= 15 is 0 Å². The molecular weight excluding hydrogens is 376 g/mol. The molecule has 0 spiro atoms. The van der Waals surface area contributed by atoms with E-state index in [-0.39, 0.29) is 32.6 Å². The molecule has 0 heterocycles. The van der Waals surface area contributed by atoms with Crippen molar-refractivity contribution in [3.63, 3.8) is 0 Å². The molecule has 1 aromatic rings. The second-order valence-electron chi connectivity index (χ2n) is 5.25. The Morgan fingerprint density at radius 3 is 1.73 bits per heavy atom. The van der Waals surface area contributed by atoms with Crippen molar-refractivity contribution in [2.75, 3.05) is 32.6 Å². The monoisotopic (exact) mass is 403 g/mol. The van der Waals surface area contributed by atoms with Crippen molar-refractivity contribution < 1.29 is 27.2 Å². The molecule has 0 aromatic heterocycles. The van der Waals surface area contributed by atoms with Crippen LogP contribution in [0.15, 0.2) is 24.3 Å². The minimum atomic E-state index is -3.63. The van der Waals surface area contributed by atoms with Gasteiger partial charge in [0.2, 0.25) is 0 Å². The highest BCUT2D eigenvalue weighted by atomic mass is 31.2. The fraction of sp³-hybridized carbons (Fsp3) is 0.588. The van der Waals surface area contributed by atoms with Crippen molar-refractivity contribution in [3.05, 3.63) is 35.4 Å². The van der Waals surface area contributed by atoms with Gasteiger partial charge in [0.05, 0.1) is 49.9 Å². The summed E-state index contributed by atoms with van der Waals surface area (Å²) in [4.78, 5) is 0. The summed E-state index contributed by atoms with van der Waals surface area (Å²) in [6.45, 7) is 7.61. The number of rotatable bonds is 12. The molecule has 9 heteroatoms. The van der Waals surface area contributed by atoms with Crippen LogP contribution < -0.4 is 0 Å². The molecule has 0 aliphatic heterocycles. The Morgan fingerprint density at radius 2 is 1.35 bits per heavy atom. The quantitative estimate of drug-likeness (QED) is 0.446. The molecular formula is C17H27NO6P2. The first kappa shape index (κ1) is 23.0. The highest BCUT2D eigenvalue weighted by Gasteiger charge is 2.43. The van der Waals surface area contributed by atoms with E-state index in [1.165, 1.54) is 0 Å². The van der Waals surface area contributed by atoms with Crippen LogP contribution in [0.1, 0.15) is 44.5 Å². The van der Waals surface area contributed by atoms with Gasteiger partial charge < -0.3 is 18.1 Å². The molecule has 1 unspecified atom stereocenters. The van der Waals surface area contributed by atoms with E-state index in [9.17, 15) is 9.13 Å². The molecule has 0 aliphatic rings. The van der Waals surface area contributed by atoms with Crippen LogP contribution in [-0.4, -0.2) is 32.6 Å². The Morgan fingerprint density at radius 1 is 0.885 bits per heavy atom. The van der Waals surface area contributed by atoms with E-state index < -0.39 is 20.9 Å². The Balaban J connectivity index is 3.37. The first-order valence-corrected chi connectivity index (χ1v) is 12.0. The van der Waals surface area contributed by atoms with Crippen molar-refractivity contribution in [1.29, 1.82) is 5.26 Å². The zero-order valence-corrected chi connectivity index (χ0v) is 17.5. The third-order valence-corrected chi connectivity index (χ3v) is 8.36. The zero-order valence-electron chi connectivity index (χ0n) is 15.7. The summed E-state index contributed by atoms with van der Waals surface area (Å²) >= 11 is 0. The van der Waals surface area contributed by atoms with Gasteiger partial charge in [-0.2, -0.15) is 5.26 Å². The first-order valence-electron chi connectivity index (χ1n) is 8.64. The van der Waals surface area contributed by atoms with Crippen molar-refractivity contribution in [1.82, 2.24) is 0 Å². The minimum Gasteiger partial charge on any atom is -0.309 e. The summed E-state index contributed by atoms with van der Waals surface area (Å²) in [5.41, 5.74) is 0.223. The lowest BCUT2D eigenvalue weighted by Gasteiger charge is -2.29. The van der Waals surface area contributed by atoms with Gasteiger partial charge in [-0.15, -0.1) is 0 Å². The van der Waals surface area contributed by atoms with Gasteiger partial charge in [-0.1, -0.05) is 12.1 Å². The molecule has 26 heavy (non-hydrogen) atoms. The van der Waals surface area contributed by atoms with Crippen LogP contribution in [0.4, 0.5) is 0 Å². The van der Waals surface area contributed by atoms with Crippen LogP contribution in [0.3, 0.4) is 0 Å². The smallest absolute Gasteiger partial charge is 0.309 e. The predicted octanol–water partition coefficient (Wildman–Crippen LogP) is 5.13. The largest absolute Gasteiger partial charge is 0.338 e. The Hall–Kier alpha value is -0.990. The van der Waals surface area contributed by atoms with Gasteiger partial charge in [-0.3, -0.25) is 9.13 Å². The summed E-state index contributed by atoms with van der Waals surface area (Å²) in [6.07, 6.45) is -0.141. The average Bonchev–Trinajstić information content (AvgIpc) is 2.61. The van der Waals surface area contributed by atoms with E-state index in [0.717, 1.165) is 0 Å². The number of hydrogen-bond donors (Lipinski definition) is 0. The SMILES string of the molecule is CCOP(=O)(CC(c1ccc(C#N)cc1)P(=O)(OCC)OCC)OCC. The molecule has 0 amide bonds. The molecule has 1 aromatic carbocycles. The molecule has 1 atom stereocenters. The van der Waals surface area contributed by atoms with Crippen LogP contribution in [0.2, 0.25) is 0 Å². The lowest BCUT2D eigenvalue weighted by molar-refractivity contribution is 0.204. The molecule has 0 bridgehead atoms. The maximum absolute atomic E-state index is 13.4. The van der Waals surface area contributed by atoms with E-state index in [2.05, 4.69) is 0 Å². The van der Waals surface area contributed by atoms with Crippen molar-refractivity contribution in [2.24, 2.45) is 0 Å². The van der Waals surface area contributed by atoms with Crippen LogP contribution in [0.5, 0.6) is 0 Å². The maximum Gasteiger partial charge on any atom is 0.338 e. The third kappa shape index (κ3) is 6.32.